The van der Waals surface area contributed by atoms with Crippen molar-refractivity contribution in [3.05, 3.63) is 23.5 Å². The van der Waals surface area contributed by atoms with Crippen molar-refractivity contribution < 1.29 is 37.6 Å². The molecule has 0 saturated heterocycles. The van der Waals surface area contributed by atoms with Gasteiger partial charge in [-0.3, -0.25) is 0 Å². The van der Waals surface area contributed by atoms with Gasteiger partial charge < -0.3 is 35.1 Å². The van der Waals surface area contributed by atoms with Crippen LogP contribution in [0.3, 0.4) is 0 Å². The summed E-state index contributed by atoms with van der Waals surface area (Å²) in [7, 11) is 1.49. The Labute approximate surface area is 198 Å². The average molecular weight is 497 g/mol. The second kappa shape index (κ2) is 9.47. The van der Waals surface area contributed by atoms with Gasteiger partial charge in [0.05, 0.1) is 36.2 Å². The van der Waals surface area contributed by atoms with Gasteiger partial charge in [0.15, 0.2) is 5.58 Å². The summed E-state index contributed by atoms with van der Waals surface area (Å²) in [6.45, 7) is 1.67. The molecule has 0 amide bonds. The van der Waals surface area contributed by atoms with Gasteiger partial charge in [-0.25, -0.2) is 9.97 Å². The van der Waals surface area contributed by atoms with Crippen LogP contribution in [0.1, 0.15) is 17.8 Å². The minimum Gasteiger partial charge on any atom is -0.481 e. The molecular weight excluding hydrogens is 471 g/mol. The number of ether oxygens (including phenoxy) is 1. The number of pyridine rings is 1. The number of fused-ring (bicyclic) bond motifs is 1. The van der Waals surface area contributed by atoms with Gasteiger partial charge in [-0.1, -0.05) is 0 Å². The number of aryl methyl sites for hydroxylation is 2. The summed E-state index contributed by atoms with van der Waals surface area (Å²) < 4.78 is 49.5. The minimum atomic E-state index is -4.48. The van der Waals surface area contributed by atoms with Crippen LogP contribution >= 0.6 is 0 Å². The number of furan rings is 1. The Bertz CT molecular complexity index is 1220. The highest BCUT2D eigenvalue weighted by atomic mass is 19.4. The molecule has 1 aliphatic carbocycles. The number of aromatic nitrogens is 3. The Balaban J connectivity index is 1.78. The van der Waals surface area contributed by atoms with E-state index < -0.39 is 36.9 Å². The van der Waals surface area contributed by atoms with Crippen molar-refractivity contribution in [1.29, 1.82) is 0 Å². The second-order valence-electron chi connectivity index (χ2n) is 8.51. The van der Waals surface area contributed by atoms with E-state index in [0.717, 1.165) is 0 Å². The highest BCUT2D eigenvalue weighted by Gasteiger charge is 2.41. The van der Waals surface area contributed by atoms with Crippen molar-refractivity contribution in [2.75, 3.05) is 30.9 Å². The Morgan fingerprint density at radius 1 is 1.11 bits per heavy atom. The van der Waals surface area contributed by atoms with Crippen LogP contribution in [0.25, 0.3) is 22.3 Å². The predicted molar refractivity (Wildman–Crippen MR) is 120 cm³/mol. The smallest absolute Gasteiger partial charge is 0.405 e. The van der Waals surface area contributed by atoms with Crippen LogP contribution in [0, 0.1) is 19.8 Å². The molecule has 35 heavy (non-hydrogen) atoms. The fourth-order valence-electron chi connectivity index (χ4n) is 4.26. The number of anilines is 2. The van der Waals surface area contributed by atoms with Crippen LogP contribution in [0.5, 0.6) is 5.88 Å². The van der Waals surface area contributed by atoms with E-state index in [1.165, 1.54) is 7.11 Å². The molecule has 3 aromatic rings. The highest BCUT2D eigenvalue weighted by Crippen LogP contribution is 2.38. The zero-order valence-corrected chi connectivity index (χ0v) is 19.2. The van der Waals surface area contributed by atoms with Gasteiger partial charge >= 0.3 is 6.18 Å². The molecule has 190 valence electrons. The molecule has 0 unspecified atom stereocenters. The first-order valence-corrected chi connectivity index (χ1v) is 10.9. The third kappa shape index (κ3) is 5.11. The lowest BCUT2D eigenvalue weighted by molar-refractivity contribution is -0.115. The number of nitrogens with zero attached hydrogens (tertiary/aromatic N) is 3. The van der Waals surface area contributed by atoms with E-state index in [1.54, 1.807) is 26.0 Å². The number of alkyl halides is 3. The van der Waals surface area contributed by atoms with Crippen molar-refractivity contribution in [2.45, 2.75) is 44.7 Å². The van der Waals surface area contributed by atoms with E-state index in [1.807, 2.05) is 0 Å². The van der Waals surface area contributed by atoms with Crippen LogP contribution in [-0.4, -0.2) is 75.0 Å². The lowest BCUT2D eigenvalue weighted by Crippen LogP contribution is -2.36. The Morgan fingerprint density at radius 3 is 2.49 bits per heavy atom. The van der Waals surface area contributed by atoms with E-state index in [9.17, 15) is 28.5 Å². The van der Waals surface area contributed by atoms with Gasteiger partial charge in [-0.05, 0) is 26.3 Å². The molecule has 0 aliphatic heterocycles. The van der Waals surface area contributed by atoms with Gasteiger partial charge in [0.2, 0.25) is 11.8 Å². The molecule has 4 rings (SSSR count). The quantitative estimate of drug-likeness (QED) is 0.330. The highest BCUT2D eigenvalue weighted by molar-refractivity contribution is 5.88. The summed E-state index contributed by atoms with van der Waals surface area (Å²) in [5.41, 5.74) is 1.74. The van der Waals surface area contributed by atoms with Crippen LogP contribution in [0.15, 0.2) is 16.5 Å². The molecule has 0 bridgehead atoms. The minimum absolute atomic E-state index is 0.105. The molecule has 0 spiro atoms. The second-order valence-corrected chi connectivity index (χ2v) is 8.51. The monoisotopic (exact) mass is 497 g/mol. The summed E-state index contributed by atoms with van der Waals surface area (Å²) in [4.78, 5) is 12.7. The van der Waals surface area contributed by atoms with E-state index in [4.69, 9.17) is 9.15 Å². The van der Waals surface area contributed by atoms with Gasteiger partial charge in [-0.2, -0.15) is 18.2 Å². The molecule has 5 N–H and O–H groups in total. The zero-order valence-electron chi connectivity index (χ0n) is 19.2. The molecule has 0 aromatic carbocycles. The largest absolute Gasteiger partial charge is 0.481 e. The van der Waals surface area contributed by atoms with E-state index in [0.29, 0.717) is 39.6 Å². The van der Waals surface area contributed by atoms with Gasteiger partial charge in [0.1, 0.15) is 24.2 Å². The fourth-order valence-corrected chi connectivity index (χ4v) is 4.26. The lowest BCUT2D eigenvalue weighted by atomic mass is 10.1. The summed E-state index contributed by atoms with van der Waals surface area (Å²) in [5.74, 6) is -0.0167. The number of hydrogen-bond donors (Lipinski definition) is 5. The van der Waals surface area contributed by atoms with E-state index >= 15 is 0 Å². The third-order valence-electron chi connectivity index (χ3n) is 6.00. The Kier molecular flexibility index (Phi) is 6.75. The summed E-state index contributed by atoms with van der Waals surface area (Å²) >= 11 is 0. The molecule has 13 heteroatoms. The molecule has 3 aromatic heterocycles. The van der Waals surface area contributed by atoms with Gasteiger partial charge in [-0.15, -0.1) is 0 Å². The zero-order chi connectivity index (χ0) is 25.5. The maximum atomic E-state index is 12.8. The lowest BCUT2D eigenvalue weighted by Gasteiger charge is -2.21. The molecule has 4 atom stereocenters. The Hall–Kier alpha value is -3.16. The number of nitrogens with one attached hydrogen (secondary N) is 2. The van der Waals surface area contributed by atoms with Crippen molar-refractivity contribution >= 4 is 22.7 Å². The summed E-state index contributed by atoms with van der Waals surface area (Å²) in [5, 5.41) is 36.0. The normalized spacial score (nSPS) is 22.5. The van der Waals surface area contributed by atoms with Crippen LogP contribution < -0.4 is 15.4 Å². The van der Waals surface area contributed by atoms with Crippen LogP contribution in [0.4, 0.5) is 24.9 Å². The summed E-state index contributed by atoms with van der Waals surface area (Å²) in [6.07, 6.45) is -6.66. The molecular formula is C22H26F3N5O5. The third-order valence-corrected chi connectivity index (χ3v) is 6.00. The van der Waals surface area contributed by atoms with E-state index in [-0.39, 0.29) is 24.8 Å². The molecule has 0 radical (unpaired) electrons. The molecule has 3 heterocycles. The van der Waals surface area contributed by atoms with Crippen molar-refractivity contribution in [2.24, 2.45) is 5.92 Å². The van der Waals surface area contributed by atoms with Crippen molar-refractivity contribution in [1.82, 2.24) is 15.0 Å². The average Bonchev–Trinajstić information content (AvgIpc) is 3.33. The topological polar surface area (TPSA) is 146 Å². The predicted octanol–water partition coefficient (Wildman–Crippen LogP) is 2.40. The van der Waals surface area contributed by atoms with E-state index in [2.05, 4.69) is 25.6 Å². The number of aliphatic hydroxyl groups is 3. The van der Waals surface area contributed by atoms with Gasteiger partial charge in [0.25, 0.3) is 0 Å². The standard InChI is InChI=1S/C22H26F3N5O5/c1-9-16(14-5-11-6-15(34-3)27-10(2)19(11)35-14)20(30-21(28-9)26-8-22(23,24)25)29-13-4-12(7-31)17(32)18(13)33/h5-6,12-13,17-18,31-33H,4,7-8H2,1-3H3,(H2,26,28,29,30)/t12-,13-,17-,18+/m1/s1. The first kappa shape index (κ1) is 24.9. The van der Waals surface area contributed by atoms with Crippen LogP contribution in [0.2, 0.25) is 0 Å². The summed E-state index contributed by atoms with van der Waals surface area (Å²) in [6, 6.07) is 2.67. The Morgan fingerprint density at radius 2 is 1.86 bits per heavy atom. The first-order chi connectivity index (χ1) is 16.5. The van der Waals surface area contributed by atoms with Crippen LogP contribution in [-0.2, 0) is 0 Å². The number of halogens is 3. The molecule has 10 nitrogen and oxygen atoms in total. The maximum Gasteiger partial charge on any atom is 0.405 e. The number of hydrogen-bond acceptors (Lipinski definition) is 10. The van der Waals surface area contributed by atoms with Crippen molar-refractivity contribution in [3.8, 4) is 17.2 Å². The molecule has 1 saturated carbocycles. The SMILES string of the molecule is COc1cc2cc(-c3c(C)nc(NCC(F)(F)F)nc3N[C@@H]3C[C@H](CO)[C@@H](O)[C@H]3O)oc2c(C)n1. The number of methoxy groups -OCH3 is 1. The maximum absolute atomic E-state index is 12.8. The fraction of sp³-hybridized carbons (Fsp3) is 0.500. The number of aliphatic hydroxyl groups excluding tert-OH is 3. The van der Waals surface area contributed by atoms with Crippen molar-refractivity contribution in [3.63, 3.8) is 0 Å². The molecule has 1 fully saturated rings. The number of rotatable bonds is 7. The van der Waals surface area contributed by atoms with Gasteiger partial charge in [0, 0.05) is 24.0 Å². The first-order valence-electron chi connectivity index (χ1n) is 10.9. The molecule has 1 aliphatic rings.